The lowest BCUT2D eigenvalue weighted by atomic mass is 9.85. The summed E-state index contributed by atoms with van der Waals surface area (Å²) in [6.45, 7) is 0. The van der Waals surface area contributed by atoms with Crippen molar-refractivity contribution < 1.29 is 4.74 Å². The summed E-state index contributed by atoms with van der Waals surface area (Å²) >= 11 is 0. The van der Waals surface area contributed by atoms with Crippen molar-refractivity contribution in [1.82, 2.24) is 20.2 Å². The van der Waals surface area contributed by atoms with Crippen molar-refractivity contribution in [3.8, 4) is 17.3 Å². The Morgan fingerprint density at radius 2 is 2.24 bits per heavy atom. The molecular formula is C12H14N4O. The molecule has 2 aromatic heterocycles. The number of aromatic amines is 1. The fourth-order valence-electron chi connectivity index (χ4n) is 1.90. The van der Waals surface area contributed by atoms with E-state index < -0.39 is 0 Å². The van der Waals surface area contributed by atoms with Gasteiger partial charge in [-0.15, -0.1) is 0 Å². The van der Waals surface area contributed by atoms with E-state index in [0.29, 0.717) is 17.6 Å². The number of nitrogens with one attached hydrogen (secondary N) is 1. The molecule has 17 heavy (non-hydrogen) atoms. The molecule has 0 unspecified atom stereocenters. The number of rotatable bonds is 3. The first-order valence-corrected chi connectivity index (χ1v) is 5.79. The van der Waals surface area contributed by atoms with Gasteiger partial charge in [0.25, 0.3) is 0 Å². The van der Waals surface area contributed by atoms with Gasteiger partial charge in [0, 0.05) is 23.7 Å². The van der Waals surface area contributed by atoms with E-state index in [4.69, 9.17) is 4.74 Å². The van der Waals surface area contributed by atoms with Gasteiger partial charge < -0.3 is 4.74 Å². The minimum atomic E-state index is 0.572. The molecule has 2 heterocycles. The molecule has 0 saturated heterocycles. The predicted octanol–water partition coefficient (Wildman–Crippen LogP) is 2.14. The highest BCUT2D eigenvalue weighted by Crippen LogP contribution is 2.34. The van der Waals surface area contributed by atoms with E-state index in [1.807, 2.05) is 12.1 Å². The molecule has 1 aliphatic rings. The second kappa shape index (κ2) is 4.16. The first-order chi connectivity index (χ1) is 8.36. The normalized spacial score (nSPS) is 15.6. The first kappa shape index (κ1) is 10.3. The van der Waals surface area contributed by atoms with Crippen LogP contribution in [0.1, 0.15) is 31.0 Å². The molecule has 0 aliphatic heterocycles. The van der Waals surface area contributed by atoms with Crippen LogP contribution in [0.3, 0.4) is 0 Å². The molecule has 1 fully saturated rings. The van der Waals surface area contributed by atoms with Gasteiger partial charge in [0.15, 0.2) is 5.82 Å². The van der Waals surface area contributed by atoms with Crippen LogP contribution in [0.15, 0.2) is 18.3 Å². The van der Waals surface area contributed by atoms with Crippen LogP contribution in [0.25, 0.3) is 11.4 Å². The van der Waals surface area contributed by atoms with Gasteiger partial charge in [0.1, 0.15) is 5.82 Å². The third-order valence-electron chi connectivity index (χ3n) is 3.20. The van der Waals surface area contributed by atoms with Gasteiger partial charge in [-0.3, -0.25) is 5.10 Å². The van der Waals surface area contributed by atoms with Crippen molar-refractivity contribution in [3.63, 3.8) is 0 Å². The van der Waals surface area contributed by atoms with E-state index in [9.17, 15) is 0 Å². The van der Waals surface area contributed by atoms with Crippen LogP contribution in [0, 0.1) is 0 Å². The lowest BCUT2D eigenvalue weighted by Gasteiger charge is -2.22. The van der Waals surface area contributed by atoms with Crippen molar-refractivity contribution in [2.24, 2.45) is 0 Å². The summed E-state index contributed by atoms with van der Waals surface area (Å²) in [5.41, 5.74) is 0.910. The zero-order valence-electron chi connectivity index (χ0n) is 9.68. The number of aromatic nitrogens is 4. The Hall–Kier alpha value is -1.91. The minimum absolute atomic E-state index is 0.572. The molecule has 0 spiro atoms. The van der Waals surface area contributed by atoms with Crippen molar-refractivity contribution >= 4 is 0 Å². The van der Waals surface area contributed by atoms with E-state index >= 15 is 0 Å². The average molecular weight is 230 g/mol. The molecule has 0 radical (unpaired) electrons. The second-order valence-electron chi connectivity index (χ2n) is 4.26. The Balaban J connectivity index is 1.84. The average Bonchev–Trinajstić information content (AvgIpc) is 2.76. The summed E-state index contributed by atoms with van der Waals surface area (Å²) in [4.78, 5) is 8.66. The Morgan fingerprint density at radius 1 is 1.35 bits per heavy atom. The van der Waals surface area contributed by atoms with Crippen LogP contribution in [-0.4, -0.2) is 27.3 Å². The highest BCUT2D eigenvalue weighted by molar-refractivity contribution is 5.53. The van der Waals surface area contributed by atoms with Crippen LogP contribution in [-0.2, 0) is 0 Å². The third kappa shape index (κ3) is 1.88. The summed E-state index contributed by atoms with van der Waals surface area (Å²) < 4.78 is 5.02. The van der Waals surface area contributed by atoms with Crippen molar-refractivity contribution in [1.29, 1.82) is 0 Å². The zero-order chi connectivity index (χ0) is 11.7. The third-order valence-corrected chi connectivity index (χ3v) is 3.20. The number of hydrogen-bond acceptors (Lipinski definition) is 4. The zero-order valence-corrected chi connectivity index (χ0v) is 9.68. The van der Waals surface area contributed by atoms with Gasteiger partial charge in [0.2, 0.25) is 5.88 Å². The molecule has 88 valence electrons. The quantitative estimate of drug-likeness (QED) is 0.877. The molecule has 5 heteroatoms. The molecule has 1 aliphatic carbocycles. The van der Waals surface area contributed by atoms with Crippen LogP contribution in [0.2, 0.25) is 0 Å². The SMILES string of the molecule is COc1ccc(-c2n[nH]c(C3CCC3)n2)cn1. The van der Waals surface area contributed by atoms with Gasteiger partial charge in [-0.25, -0.2) is 9.97 Å². The van der Waals surface area contributed by atoms with E-state index in [1.165, 1.54) is 19.3 Å². The van der Waals surface area contributed by atoms with Crippen LogP contribution >= 0.6 is 0 Å². The molecular weight excluding hydrogens is 216 g/mol. The molecule has 0 amide bonds. The first-order valence-electron chi connectivity index (χ1n) is 5.79. The molecule has 2 aromatic rings. The Morgan fingerprint density at radius 3 is 2.82 bits per heavy atom. The Bertz CT molecular complexity index is 501. The highest BCUT2D eigenvalue weighted by Gasteiger charge is 2.23. The van der Waals surface area contributed by atoms with E-state index in [0.717, 1.165) is 11.4 Å². The van der Waals surface area contributed by atoms with Crippen molar-refractivity contribution in [2.45, 2.75) is 25.2 Å². The minimum Gasteiger partial charge on any atom is -0.481 e. The number of methoxy groups -OCH3 is 1. The summed E-state index contributed by atoms with van der Waals surface area (Å²) in [7, 11) is 1.60. The number of nitrogens with zero attached hydrogens (tertiary/aromatic N) is 3. The van der Waals surface area contributed by atoms with Gasteiger partial charge in [-0.2, -0.15) is 5.10 Å². The fraction of sp³-hybridized carbons (Fsp3) is 0.417. The molecule has 3 rings (SSSR count). The largest absolute Gasteiger partial charge is 0.481 e. The fourth-order valence-corrected chi connectivity index (χ4v) is 1.90. The maximum Gasteiger partial charge on any atom is 0.212 e. The molecule has 0 bridgehead atoms. The monoisotopic (exact) mass is 230 g/mol. The molecule has 0 atom stereocenters. The second-order valence-corrected chi connectivity index (χ2v) is 4.26. The number of H-pyrrole nitrogens is 1. The number of ether oxygens (including phenoxy) is 1. The summed E-state index contributed by atoms with van der Waals surface area (Å²) in [5.74, 6) is 2.88. The topological polar surface area (TPSA) is 63.7 Å². The maximum absolute atomic E-state index is 5.02. The number of hydrogen-bond donors (Lipinski definition) is 1. The summed E-state index contributed by atoms with van der Waals surface area (Å²) in [6.07, 6.45) is 5.46. The number of pyridine rings is 1. The van der Waals surface area contributed by atoms with E-state index in [2.05, 4.69) is 20.2 Å². The van der Waals surface area contributed by atoms with Gasteiger partial charge in [-0.05, 0) is 18.9 Å². The van der Waals surface area contributed by atoms with E-state index in [-0.39, 0.29) is 0 Å². The smallest absolute Gasteiger partial charge is 0.212 e. The lowest BCUT2D eigenvalue weighted by Crippen LogP contribution is -2.10. The van der Waals surface area contributed by atoms with Gasteiger partial charge in [-0.1, -0.05) is 6.42 Å². The molecule has 5 nitrogen and oxygen atoms in total. The van der Waals surface area contributed by atoms with Crippen LogP contribution in [0.4, 0.5) is 0 Å². The Labute approximate surface area is 99.3 Å². The van der Waals surface area contributed by atoms with Crippen molar-refractivity contribution in [2.75, 3.05) is 7.11 Å². The molecule has 1 N–H and O–H groups in total. The summed E-state index contributed by atoms with van der Waals surface area (Å²) in [6, 6.07) is 3.73. The van der Waals surface area contributed by atoms with Crippen LogP contribution in [0.5, 0.6) is 5.88 Å². The van der Waals surface area contributed by atoms with Crippen molar-refractivity contribution in [3.05, 3.63) is 24.2 Å². The molecule has 1 saturated carbocycles. The maximum atomic E-state index is 5.02. The summed E-state index contributed by atoms with van der Waals surface area (Å²) in [5, 5.41) is 7.24. The highest BCUT2D eigenvalue weighted by atomic mass is 16.5. The lowest BCUT2D eigenvalue weighted by molar-refractivity contribution is 0.398. The predicted molar refractivity (Wildman–Crippen MR) is 62.8 cm³/mol. The van der Waals surface area contributed by atoms with E-state index in [1.54, 1.807) is 13.3 Å². The van der Waals surface area contributed by atoms with Gasteiger partial charge in [0.05, 0.1) is 7.11 Å². The molecule has 0 aromatic carbocycles. The standard InChI is InChI=1S/C12H14N4O/c1-17-10-6-5-9(7-13-10)12-14-11(15-16-12)8-3-2-4-8/h5-8H,2-4H2,1H3,(H,14,15,16). The Kier molecular flexibility index (Phi) is 2.51. The van der Waals surface area contributed by atoms with Crippen LogP contribution < -0.4 is 4.74 Å². The van der Waals surface area contributed by atoms with Gasteiger partial charge >= 0.3 is 0 Å².